The standard InChI is InChI=1S/C30H27ClN4O8S2.HI/c1-4-32-18-8-9-23(20-32)33(21(2)36)34-28-19-22(31)12-17-27(28)29(37)35(30(34)38,44(39,40)25-10-6-5-7-11-25)45(41,42)26-15-13-24(43-3)14-16-26;/h5-20H,4H2,1-3H3;1H/q+2;. The number of hydrogen-bond acceptors (Lipinski definition) is 8. The number of hydrazine groups is 1. The van der Waals surface area contributed by atoms with Crippen molar-refractivity contribution in [3.63, 3.8) is 0 Å². The van der Waals surface area contributed by atoms with Gasteiger partial charge in [0.1, 0.15) is 33.3 Å². The molecule has 1 aliphatic rings. The Morgan fingerprint density at radius 1 is 0.913 bits per heavy atom. The lowest BCUT2D eigenvalue weighted by Crippen LogP contribution is -2.72. The van der Waals surface area contributed by atoms with E-state index in [4.69, 9.17) is 16.3 Å². The van der Waals surface area contributed by atoms with Crippen LogP contribution in [0, 0.1) is 0 Å². The number of hydrogen-bond donors (Lipinski definition) is 0. The fourth-order valence-electron chi connectivity index (χ4n) is 4.99. The number of imide groups is 1. The molecule has 1 unspecified atom stereocenters. The van der Waals surface area contributed by atoms with E-state index in [-0.39, 0.29) is 46.1 Å². The molecule has 1 atom stereocenters. The van der Waals surface area contributed by atoms with Crippen LogP contribution < -0.4 is 19.3 Å². The Morgan fingerprint density at radius 2 is 1.52 bits per heavy atom. The molecule has 3 aromatic carbocycles. The van der Waals surface area contributed by atoms with Crippen LogP contribution in [0.5, 0.6) is 5.75 Å². The molecule has 16 heteroatoms. The monoisotopic (exact) mass is 798 g/mol. The molecule has 0 saturated heterocycles. The molecule has 46 heavy (non-hydrogen) atoms. The number of anilines is 2. The van der Waals surface area contributed by atoms with E-state index in [9.17, 15) is 26.4 Å². The molecule has 1 aliphatic heterocycles. The van der Waals surface area contributed by atoms with Gasteiger partial charge in [-0.1, -0.05) is 29.8 Å². The zero-order chi connectivity index (χ0) is 32.7. The minimum absolute atomic E-state index is 0. The number of amides is 4. The zero-order valence-corrected chi connectivity index (χ0v) is 29.3. The smallest absolute Gasteiger partial charge is 0.482 e. The summed E-state index contributed by atoms with van der Waals surface area (Å²) in [7, 11) is -9.65. The van der Waals surface area contributed by atoms with Gasteiger partial charge >= 0.3 is 32.0 Å². The number of carbonyl (C=O) groups is 3. The van der Waals surface area contributed by atoms with Crippen molar-refractivity contribution in [3.05, 3.63) is 108 Å². The van der Waals surface area contributed by atoms with Crippen LogP contribution in [0.2, 0.25) is 5.02 Å². The number of quaternary nitrogens is 1. The summed E-state index contributed by atoms with van der Waals surface area (Å²) in [6.45, 7) is 3.40. The number of halogens is 2. The largest absolute Gasteiger partial charge is 0.497 e. The number of ether oxygens (including phenoxy) is 1. The lowest BCUT2D eigenvalue weighted by atomic mass is 10.1. The number of sulfonamides is 2. The Bertz CT molecular complexity index is 2060. The van der Waals surface area contributed by atoms with Gasteiger partial charge in [0.15, 0.2) is 12.4 Å². The first kappa shape index (κ1) is 35.0. The van der Waals surface area contributed by atoms with Crippen LogP contribution in [0.15, 0.2) is 107 Å². The van der Waals surface area contributed by atoms with Gasteiger partial charge in [0.05, 0.1) is 12.8 Å². The molecule has 2 heterocycles. The maximum Gasteiger partial charge on any atom is 0.482 e. The maximum atomic E-state index is 15.0. The number of rotatable bonds is 8. The van der Waals surface area contributed by atoms with Crippen molar-refractivity contribution in [1.29, 1.82) is 0 Å². The third-order valence-electron chi connectivity index (χ3n) is 7.14. The Labute approximate surface area is 288 Å². The Hall–Kier alpha value is -3.90. The van der Waals surface area contributed by atoms with Gasteiger partial charge in [-0.3, -0.25) is 4.79 Å². The first-order valence-electron chi connectivity index (χ1n) is 13.4. The van der Waals surface area contributed by atoms with E-state index in [2.05, 4.69) is 0 Å². The summed E-state index contributed by atoms with van der Waals surface area (Å²) in [5.74, 6) is -2.14. The summed E-state index contributed by atoms with van der Waals surface area (Å²) in [6, 6.07) is 15.7. The number of methoxy groups -OCH3 is 1. The number of urea groups is 1. The molecule has 5 rings (SSSR count). The third kappa shape index (κ3) is 5.34. The normalized spacial score (nSPS) is 16.3. The highest BCUT2D eigenvalue weighted by atomic mass is 127. The van der Waals surface area contributed by atoms with Crippen LogP contribution in [0.1, 0.15) is 24.2 Å². The second-order valence-corrected chi connectivity index (χ2v) is 14.4. The molecular formula is C30H28ClIN4O8S2+2. The highest BCUT2D eigenvalue weighted by molar-refractivity contribution is 14.0. The molecule has 240 valence electrons. The zero-order valence-electron chi connectivity index (χ0n) is 24.6. The summed E-state index contributed by atoms with van der Waals surface area (Å²) in [5, 5.41) is 1.43. The summed E-state index contributed by atoms with van der Waals surface area (Å²) in [6.07, 6.45) is 3.20. The van der Waals surface area contributed by atoms with Gasteiger partial charge in [-0.2, -0.15) is 21.8 Å². The van der Waals surface area contributed by atoms with E-state index in [0.29, 0.717) is 11.6 Å². The summed E-state index contributed by atoms with van der Waals surface area (Å²) < 4.78 is 62.9. The molecule has 12 nitrogen and oxygen atoms in total. The van der Waals surface area contributed by atoms with E-state index < -0.39 is 56.5 Å². The Kier molecular flexibility index (Phi) is 9.94. The molecule has 1 aromatic heterocycles. The van der Waals surface area contributed by atoms with Crippen molar-refractivity contribution in [3.8, 4) is 5.75 Å². The van der Waals surface area contributed by atoms with E-state index in [1.165, 1.54) is 61.8 Å². The maximum absolute atomic E-state index is 15.0. The fourth-order valence-corrected chi connectivity index (χ4v) is 9.48. The van der Waals surface area contributed by atoms with Crippen molar-refractivity contribution >= 4 is 84.8 Å². The van der Waals surface area contributed by atoms with Crippen LogP contribution >= 0.6 is 35.6 Å². The average molecular weight is 799 g/mol. The van der Waals surface area contributed by atoms with Gasteiger partial charge in [-0.15, -0.1) is 24.0 Å². The molecule has 0 aliphatic carbocycles. The summed E-state index contributed by atoms with van der Waals surface area (Å²) in [5.41, 5.74) is -0.694. The number of aromatic nitrogens is 1. The minimum Gasteiger partial charge on any atom is -0.497 e. The molecule has 0 N–H and O–H groups in total. The molecule has 0 fully saturated rings. The van der Waals surface area contributed by atoms with E-state index in [1.54, 1.807) is 16.8 Å². The molecule has 0 radical (unpaired) electrons. The second-order valence-electron chi connectivity index (χ2n) is 9.77. The molecule has 0 spiro atoms. The number of fused-ring (bicyclic) bond motifs is 1. The molecular weight excluding hydrogens is 771 g/mol. The number of aryl methyl sites for hydroxylation is 1. The first-order chi connectivity index (χ1) is 21.3. The predicted octanol–water partition coefficient (Wildman–Crippen LogP) is 4.92. The van der Waals surface area contributed by atoms with Crippen molar-refractivity contribution in [2.24, 2.45) is 0 Å². The lowest BCUT2D eigenvalue weighted by Gasteiger charge is -2.41. The third-order valence-corrected chi connectivity index (χ3v) is 12.3. The van der Waals surface area contributed by atoms with Gasteiger partial charge in [0, 0.05) is 21.3 Å². The first-order valence-corrected chi connectivity index (χ1v) is 16.7. The lowest BCUT2D eigenvalue weighted by molar-refractivity contribution is -0.693. The second kappa shape index (κ2) is 13.1. The van der Waals surface area contributed by atoms with E-state index >= 15 is 4.79 Å². The van der Waals surface area contributed by atoms with Crippen LogP contribution in [-0.4, -0.2) is 45.1 Å². The number of benzene rings is 3. The topological polar surface area (TPSA) is 139 Å². The molecule has 4 aromatic rings. The SMILES string of the molecule is CC[n+]1cccc(N(C(C)=O)N2C(=O)[N+](S(=O)(=O)c3ccccc3)(S(=O)(=O)c3ccc(OC)cc3)C(=O)c3ccc(Cl)cc32)c1.I. The van der Waals surface area contributed by atoms with Crippen LogP contribution in [0.4, 0.5) is 16.2 Å². The Morgan fingerprint density at radius 3 is 2.09 bits per heavy atom. The average Bonchev–Trinajstić information content (AvgIpc) is 3.03. The minimum atomic E-state index is -5.52. The number of nitrogens with zero attached hydrogens (tertiary/aromatic N) is 4. The highest BCUT2D eigenvalue weighted by Crippen LogP contribution is 2.45. The van der Waals surface area contributed by atoms with Gasteiger partial charge in [-0.25, -0.2) is 19.2 Å². The van der Waals surface area contributed by atoms with E-state index in [1.807, 2.05) is 6.92 Å². The van der Waals surface area contributed by atoms with Crippen LogP contribution in [0.3, 0.4) is 0 Å². The van der Waals surface area contributed by atoms with Crippen LogP contribution in [0.25, 0.3) is 0 Å². The van der Waals surface area contributed by atoms with Gasteiger partial charge in [0.25, 0.3) is 0 Å². The molecule has 4 amide bonds. The summed E-state index contributed by atoms with van der Waals surface area (Å²) >= 11 is 6.28. The molecule has 0 saturated carbocycles. The molecule has 0 bridgehead atoms. The fraction of sp³-hybridized carbons (Fsp3) is 0.133. The van der Waals surface area contributed by atoms with Crippen molar-refractivity contribution in [1.82, 2.24) is 0 Å². The van der Waals surface area contributed by atoms with Crippen LogP contribution in [-0.2, 0) is 31.4 Å². The summed E-state index contributed by atoms with van der Waals surface area (Å²) in [4.78, 5) is 41.7. The van der Waals surface area contributed by atoms with Crippen molar-refractivity contribution < 1.29 is 43.8 Å². The quantitative estimate of drug-likeness (QED) is 0.139. The number of pyridine rings is 1. The highest BCUT2D eigenvalue weighted by Gasteiger charge is 2.73. The van der Waals surface area contributed by atoms with Gasteiger partial charge in [0.2, 0.25) is 5.91 Å². The Balaban J connectivity index is 0.00000480. The van der Waals surface area contributed by atoms with Crippen molar-refractivity contribution in [2.45, 2.75) is 30.2 Å². The van der Waals surface area contributed by atoms with E-state index in [0.717, 1.165) is 42.3 Å². The van der Waals surface area contributed by atoms with Gasteiger partial charge in [-0.05, 0) is 67.6 Å². The van der Waals surface area contributed by atoms with Gasteiger partial charge < -0.3 is 4.74 Å². The predicted molar refractivity (Wildman–Crippen MR) is 179 cm³/mol. The number of carbonyl (C=O) groups excluding carboxylic acids is 3. The van der Waals surface area contributed by atoms with Crippen molar-refractivity contribution in [2.75, 3.05) is 17.1 Å².